The van der Waals surface area contributed by atoms with Crippen LogP contribution in [0.5, 0.6) is 0 Å². The molecule has 2 aromatic rings. The first-order valence-electron chi connectivity index (χ1n) is 9.01. The minimum absolute atomic E-state index is 0.113. The summed E-state index contributed by atoms with van der Waals surface area (Å²) < 4.78 is 12.7. The van der Waals surface area contributed by atoms with E-state index in [9.17, 15) is 4.79 Å². The summed E-state index contributed by atoms with van der Waals surface area (Å²) >= 11 is 0. The predicted octanol–water partition coefficient (Wildman–Crippen LogP) is 1.01. The number of anilines is 1. The van der Waals surface area contributed by atoms with Crippen LogP contribution in [-0.2, 0) is 22.6 Å². The number of nitrogens with two attached hydrogens (primary N) is 1. The molecule has 0 aliphatic carbocycles. The Hall–Kier alpha value is -2.22. The maximum Gasteiger partial charge on any atom is 0.268 e. The molecule has 1 aromatic heterocycles. The normalized spacial score (nSPS) is 17.4. The summed E-state index contributed by atoms with van der Waals surface area (Å²) in [4.78, 5) is 14.5. The van der Waals surface area contributed by atoms with Gasteiger partial charge in [0.1, 0.15) is 0 Å². The number of benzene rings is 1. The molecule has 140 valence electrons. The van der Waals surface area contributed by atoms with Gasteiger partial charge in [-0.1, -0.05) is 30.3 Å². The van der Waals surface area contributed by atoms with Gasteiger partial charge in [0, 0.05) is 19.2 Å². The molecule has 0 bridgehead atoms. The lowest BCUT2D eigenvalue weighted by Crippen LogP contribution is -2.44. The van der Waals surface area contributed by atoms with Crippen molar-refractivity contribution in [2.45, 2.75) is 25.7 Å². The summed E-state index contributed by atoms with van der Waals surface area (Å²) in [5, 5.41) is 4.29. The van der Waals surface area contributed by atoms with E-state index in [1.807, 2.05) is 30.3 Å². The van der Waals surface area contributed by atoms with Gasteiger partial charge in [-0.05, 0) is 18.5 Å². The quantitative estimate of drug-likeness (QED) is 0.710. The average Bonchev–Trinajstić information content (AvgIpc) is 2.67. The molecule has 3 rings (SSSR count). The van der Waals surface area contributed by atoms with Gasteiger partial charge in [0.15, 0.2) is 0 Å². The minimum Gasteiger partial charge on any atom is -0.375 e. The van der Waals surface area contributed by atoms with Crippen molar-refractivity contribution in [2.75, 3.05) is 37.7 Å². The molecular weight excluding hydrogens is 332 g/mol. The number of ether oxygens (including phenoxy) is 2. The third-order valence-corrected chi connectivity index (χ3v) is 4.41. The maximum atomic E-state index is 12.3. The Labute approximate surface area is 153 Å². The third kappa shape index (κ3) is 5.14. The lowest BCUT2D eigenvalue weighted by molar-refractivity contribution is 0.0368. The summed E-state index contributed by atoms with van der Waals surface area (Å²) in [6, 6.07) is 11.6. The largest absolute Gasteiger partial charge is 0.375 e. The molecule has 1 aliphatic heterocycles. The van der Waals surface area contributed by atoms with Crippen LogP contribution in [0.3, 0.4) is 0 Å². The standard InChI is InChI=1S/C19H26N4O3/c20-7-6-18-14-22(8-11-26-18)17-12-19(24)23(21-13-17)9-10-25-15-16-4-2-1-3-5-16/h1-5,12-13,18H,6-11,14-15,20H2. The van der Waals surface area contributed by atoms with E-state index in [0.717, 1.165) is 30.8 Å². The van der Waals surface area contributed by atoms with Crippen molar-refractivity contribution >= 4 is 5.69 Å². The molecule has 0 radical (unpaired) electrons. The first kappa shape index (κ1) is 18.6. The fourth-order valence-electron chi connectivity index (χ4n) is 2.99. The van der Waals surface area contributed by atoms with Crippen molar-refractivity contribution < 1.29 is 9.47 Å². The zero-order valence-electron chi connectivity index (χ0n) is 14.9. The van der Waals surface area contributed by atoms with Gasteiger partial charge in [0.05, 0.1) is 44.4 Å². The van der Waals surface area contributed by atoms with Crippen LogP contribution in [0.1, 0.15) is 12.0 Å². The van der Waals surface area contributed by atoms with E-state index >= 15 is 0 Å². The van der Waals surface area contributed by atoms with Gasteiger partial charge in [-0.2, -0.15) is 5.10 Å². The van der Waals surface area contributed by atoms with Crippen LogP contribution < -0.4 is 16.2 Å². The Morgan fingerprint density at radius 2 is 2.15 bits per heavy atom. The second kappa shape index (κ2) is 9.47. The first-order chi connectivity index (χ1) is 12.8. The van der Waals surface area contributed by atoms with E-state index in [1.165, 1.54) is 4.68 Å². The second-order valence-electron chi connectivity index (χ2n) is 6.33. The van der Waals surface area contributed by atoms with E-state index in [4.69, 9.17) is 15.2 Å². The van der Waals surface area contributed by atoms with Crippen molar-refractivity contribution in [1.29, 1.82) is 0 Å². The van der Waals surface area contributed by atoms with Gasteiger partial charge in [-0.15, -0.1) is 0 Å². The molecule has 1 fully saturated rings. The Balaban J connectivity index is 1.51. The monoisotopic (exact) mass is 358 g/mol. The molecule has 7 nitrogen and oxygen atoms in total. The molecule has 26 heavy (non-hydrogen) atoms. The van der Waals surface area contributed by atoms with E-state index in [1.54, 1.807) is 12.3 Å². The number of aromatic nitrogens is 2. The fraction of sp³-hybridized carbons (Fsp3) is 0.474. The second-order valence-corrected chi connectivity index (χ2v) is 6.33. The molecule has 0 saturated carbocycles. The number of nitrogens with zero attached hydrogens (tertiary/aromatic N) is 3. The predicted molar refractivity (Wildman–Crippen MR) is 100 cm³/mol. The summed E-state index contributed by atoms with van der Waals surface area (Å²) in [6.45, 7) is 4.14. The van der Waals surface area contributed by atoms with Gasteiger partial charge in [-0.3, -0.25) is 4.79 Å². The van der Waals surface area contributed by atoms with Gasteiger partial charge in [0.2, 0.25) is 0 Å². The van der Waals surface area contributed by atoms with Crippen molar-refractivity contribution in [3.8, 4) is 0 Å². The Morgan fingerprint density at radius 3 is 2.92 bits per heavy atom. The van der Waals surface area contributed by atoms with E-state index < -0.39 is 0 Å². The van der Waals surface area contributed by atoms with Crippen LogP contribution in [-0.4, -0.2) is 48.7 Å². The zero-order chi connectivity index (χ0) is 18.2. The highest BCUT2D eigenvalue weighted by Crippen LogP contribution is 2.16. The Kier molecular flexibility index (Phi) is 6.76. The highest BCUT2D eigenvalue weighted by Gasteiger charge is 2.20. The molecule has 0 amide bonds. The summed E-state index contributed by atoms with van der Waals surface area (Å²) in [5.74, 6) is 0. The van der Waals surface area contributed by atoms with Gasteiger partial charge in [0.25, 0.3) is 5.56 Å². The van der Waals surface area contributed by atoms with Crippen molar-refractivity contribution in [3.63, 3.8) is 0 Å². The number of hydrogen-bond acceptors (Lipinski definition) is 6. The van der Waals surface area contributed by atoms with Crippen LogP contribution in [0.25, 0.3) is 0 Å². The lowest BCUT2D eigenvalue weighted by atomic mass is 10.2. The number of morpholine rings is 1. The highest BCUT2D eigenvalue weighted by atomic mass is 16.5. The molecule has 1 aliphatic rings. The summed E-state index contributed by atoms with van der Waals surface area (Å²) in [7, 11) is 0. The molecule has 1 atom stereocenters. The fourth-order valence-corrected chi connectivity index (χ4v) is 2.99. The highest BCUT2D eigenvalue weighted by molar-refractivity contribution is 5.43. The van der Waals surface area contributed by atoms with Crippen LogP contribution in [0.2, 0.25) is 0 Å². The molecular formula is C19H26N4O3. The van der Waals surface area contributed by atoms with Crippen LogP contribution >= 0.6 is 0 Å². The average molecular weight is 358 g/mol. The molecule has 1 saturated heterocycles. The molecule has 1 unspecified atom stereocenters. The van der Waals surface area contributed by atoms with Gasteiger partial charge >= 0.3 is 0 Å². The minimum atomic E-state index is -0.118. The molecule has 1 aromatic carbocycles. The Bertz CT molecular complexity index is 733. The SMILES string of the molecule is NCCC1CN(c2cnn(CCOCc3ccccc3)c(=O)c2)CCO1. The van der Waals surface area contributed by atoms with E-state index in [0.29, 0.717) is 32.9 Å². The topological polar surface area (TPSA) is 82.6 Å². The molecule has 2 N–H and O–H groups in total. The van der Waals surface area contributed by atoms with Crippen molar-refractivity contribution in [3.05, 3.63) is 58.5 Å². The lowest BCUT2D eigenvalue weighted by Gasteiger charge is -2.34. The number of rotatable bonds is 8. The van der Waals surface area contributed by atoms with Crippen LogP contribution in [0, 0.1) is 0 Å². The smallest absolute Gasteiger partial charge is 0.268 e. The zero-order valence-corrected chi connectivity index (χ0v) is 14.9. The maximum absolute atomic E-state index is 12.3. The summed E-state index contributed by atoms with van der Waals surface area (Å²) in [5.41, 5.74) is 7.44. The van der Waals surface area contributed by atoms with Crippen LogP contribution in [0.15, 0.2) is 47.4 Å². The molecule has 2 heterocycles. The number of hydrogen-bond donors (Lipinski definition) is 1. The molecule has 7 heteroatoms. The van der Waals surface area contributed by atoms with Gasteiger partial charge in [-0.25, -0.2) is 4.68 Å². The van der Waals surface area contributed by atoms with E-state index in [2.05, 4.69) is 10.00 Å². The summed E-state index contributed by atoms with van der Waals surface area (Å²) in [6.07, 6.45) is 2.67. The van der Waals surface area contributed by atoms with Crippen LogP contribution in [0.4, 0.5) is 5.69 Å². The molecule has 0 spiro atoms. The van der Waals surface area contributed by atoms with Gasteiger partial charge < -0.3 is 20.1 Å². The third-order valence-electron chi connectivity index (χ3n) is 4.41. The first-order valence-corrected chi connectivity index (χ1v) is 9.01. The van der Waals surface area contributed by atoms with Crippen molar-refractivity contribution in [1.82, 2.24) is 9.78 Å². The Morgan fingerprint density at radius 1 is 1.31 bits per heavy atom. The van der Waals surface area contributed by atoms with Crippen molar-refractivity contribution in [2.24, 2.45) is 5.73 Å². The van der Waals surface area contributed by atoms with E-state index in [-0.39, 0.29) is 11.7 Å².